The molecule has 226 valence electrons. The number of halogens is 2. The molecule has 1 spiro atoms. The fourth-order valence-electron chi connectivity index (χ4n) is 5.65. The van der Waals surface area contributed by atoms with Gasteiger partial charge in [0.1, 0.15) is 11.5 Å². The second-order valence-electron chi connectivity index (χ2n) is 11.4. The Balaban J connectivity index is 1.31. The molecule has 1 aliphatic carbocycles. The van der Waals surface area contributed by atoms with Crippen LogP contribution in [-0.2, 0) is 10.0 Å². The van der Waals surface area contributed by atoms with E-state index in [1.807, 2.05) is 0 Å². The van der Waals surface area contributed by atoms with Crippen LogP contribution in [0.15, 0.2) is 30.5 Å². The number of aliphatic hydroxyl groups is 1. The minimum atomic E-state index is -3.70. The van der Waals surface area contributed by atoms with Gasteiger partial charge in [-0.05, 0) is 49.3 Å². The summed E-state index contributed by atoms with van der Waals surface area (Å²) in [5.74, 6) is -2.19. The zero-order chi connectivity index (χ0) is 29.5. The molecule has 0 radical (unpaired) electrons. The van der Waals surface area contributed by atoms with Crippen molar-refractivity contribution >= 4 is 33.2 Å². The molecule has 15 heteroatoms. The molecule has 0 bridgehead atoms. The Morgan fingerprint density at radius 1 is 0.929 bits per heavy atom. The van der Waals surface area contributed by atoms with Crippen molar-refractivity contribution in [2.24, 2.45) is 5.41 Å². The molecule has 2 saturated heterocycles. The molecule has 3 aromatic rings. The molecule has 3 fully saturated rings. The first-order valence-corrected chi connectivity index (χ1v) is 15.9. The molecular weight excluding hydrogens is 568 g/mol. The van der Waals surface area contributed by atoms with Crippen molar-refractivity contribution in [2.75, 3.05) is 65.4 Å². The minimum Gasteiger partial charge on any atom is -0.395 e. The van der Waals surface area contributed by atoms with E-state index in [0.717, 1.165) is 37.3 Å². The highest BCUT2D eigenvalue weighted by atomic mass is 32.2. The third-order valence-corrected chi connectivity index (χ3v) is 9.75. The highest BCUT2D eigenvalue weighted by Crippen LogP contribution is 2.54. The number of nitrogens with zero attached hydrogens (tertiary/aromatic N) is 7. The lowest BCUT2D eigenvalue weighted by molar-refractivity contribution is -0.0222. The van der Waals surface area contributed by atoms with E-state index in [0.29, 0.717) is 34.3 Å². The second kappa shape index (κ2) is 10.9. The van der Waals surface area contributed by atoms with Crippen molar-refractivity contribution < 1.29 is 22.3 Å². The van der Waals surface area contributed by atoms with E-state index in [-0.39, 0.29) is 25.9 Å². The van der Waals surface area contributed by atoms with E-state index in [1.54, 1.807) is 47.1 Å². The summed E-state index contributed by atoms with van der Waals surface area (Å²) in [6, 6.07) is 6.99. The highest BCUT2D eigenvalue weighted by molar-refractivity contribution is 7.92. The third-order valence-electron chi connectivity index (χ3n) is 8.48. The van der Waals surface area contributed by atoms with Gasteiger partial charge in [0.25, 0.3) is 5.92 Å². The Kier molecular flexibility index (Phi) is 7.41. The summed E-state index contributed by atoms with van der Waals surface area (Å²) < 4.78 is 56.4. The predicted octanol–water partition coefficient (Wildman–Crippen LogP) is 3.12. The maximum atomic E-state index is 13.7. The van der Waals surface area contributed by atoms with Crippen LogP contribution in [0.3, 0.4) is 0 Å². The number of aromatic nitrogens is 5. The lowest BCUT2D eigenvalue weighted by Gasteiger charge is -2.35. The van der Waals surface area contributed by atoms with E-state index in [1.165, 1.54) is 12.8 Å². The van der Waals surface area contributed by atoms with Crippen LogP contribution < -0.4 is 19.8 Å². The molecule has 42 heavy (non-hydrogen) atoms. The molecule has 0 unspecified atom stereocenters. The number of anilines is 4. The summed E-state index contributed by atoms with van der Waals surface area (Å²) >= 11 is 0. The Hall–Kier alpha value is -3.59. The van der Waals surface area contributed by atoms with Gasteiger partial charge in [0, 0.05) is 52.1 Å². The van der Waals surface area contributed by atoms with Crippen molar-refractivity contribution in [1.29, 1.82) is 0 Å². The minimum absolute atomic E-state index is 0.154. The highest BCUT2D eigenvalue weighted by Gasteiger charge is 2.44. The fraction of sp³-hybridized carbons (Fsp3) is 0.556. The molecule has 3 N–H and O–H groups in total. The first kappa shape index (κ1) is 28.5. The van der Waals surface area contributed by atoms with Crippen molar-refractivity contribution in [3.63, 3.8) is 0 Å². The van der Waals surface area contributed by atoms with E-state index in [9.17, 15) is 17.2 Å². The van der Waals surface area contributed by atoms with Crippen LogP contribution in [0.5, 0.6) is 0 Å². The Bertz CT molecular complexity index is 1540. The molecule has 6 rings (SSSR count). The quantitative estimate of drug-likeness (QED) is 0.334. The standard InChI is InChI=1S/C27H35F2N9O3S/c1-30-24-17-20(31-25(32-24)37-12-8-27(28,29)9-13-37)21-18-38(35-33-21)22-3-2-19(34-42(40,41)15-14-39)16-23(22)36-10-6-26(4-5-26)7-11-36/h2-3,16-18,34,39H,4-15H2,1H3,(H,30,31,32). The van der Waals surface area contributed by atoms with Crippen LogP contribution >= 0.6 is 0 Å². The normalized spacial score (nSPS) is 19.6. The summed E-state index contributed by atoms with van der Waals surface area (Å²) in [5, 5.41) is 20.9. The third kappa shape index (κ3) is 6.11. The Morgan fingerprint density at radius 3 is 2.31 bits per heavy atom. The van der Waals surface area contributed by atoms with Gasteiger partial charge in [0.05, 0.1) is 41.3 Å². The monoisotopic (exact) mass is 603 g/mol. The molecule has 1 aromatic carbocycles. The summed E-state index contributed by atoms with van der Waals surface area (Å²) in [5.41, 5.74) is 3.38. The number of sulfonamides is 1. The zero-order valence-electron chi connectivity index (χ0n) is 23.4. The molecule has 0 atom stereocenters. The van der Waals surface area contributed by atoms with Crippen molar-refractivity contribution in [3.05, 3.63) is 30.5 Å². The number of hydrogen-bond acceptors (Lipinski definition) is 10. The van der Waals surface area contributed by atoms with E-state index in [4.69, 9.17) is 5.11 Å². The summed E-state index contributed by atoms with van der Waals surface area (Å²) in [6.45, 7) is 1.52. The maximum absolute atomic E-state index is 13.7. The number of piperidine rings is 2. The molecule has 12 nitrogen and oxygen atoms in total. The number of benzene rings is 1. The van der Waals surface area contributed by atoms with Gasteiger partial charge in [-0.15, -0.1) is 5.10 Å². The van der Waals surface area contributed by atoms with E-state index in [2.05, 4.69) is 35.2 Å². The summed E-state index contributed by atoms with van der Waals surface area (Å²) in [7, 11) is -1.97. The van der Waals surface area contributed by atoms with Gasteiger partial charge in [-0.2, -0.15) is 4.98 Å². The second-order valence-corrected chi connectivity index (χ2v) is 13.3. The molecule has 4 heterocycles. The first-order valence-electron chi connectivity index (χ1n) is 14.2. The fourth-order valence-corrected chi connectivity index (χ4v) is 6.48. The van der Waals surface area contributed by atoms with Crippen molar-refractivity contribution in [1.82, 2.24) is 25.0 Å². The molecule has 2 aromatic heterocycles. The predicted molar refractivity (Wildman–Crippen MR) is 156 cm³/mol. The van der Waals surface area contributed by atoms with Gasteiger partial charge in [0.15, 0.2) is 0 Å². The van der Waals surface area contributed by atoms with Gasteiger partial charge < -0.3 is 20.2 Å². The van der Waals surface area contributed by atoms with Crippen molar-refractivity contribution in [2.45, 2.75) is 44.4 Å². The molecule has 2 aliphatic heterocycles. The number of rotatable bonds is 9. The van der Waals surface area contributed by atoms with Crippen LogP contribution in [0.4, 0.5) is 31.9 Å². The largest absolute Gasteiger partial charge is 0.395 e. The summed E-state index contributed by atoms with van der Waals surface area (Å²) in [4.78, 5) is 13.1. The van der Waals surface area contributed by atoms with Crippen molar-refractivity contribution in [3.8, 4) is 17.1 Å². The van der Waals surface area contributed by atoms with Gasteiger partial charge in [-0.25, -0.2) is 26.9 Å². The van der Waals surface area contributed by atoms with Gasteiger partial charge in [-0.1, -0.05) is 5.21 Å². The molecule has 0 amide bonds. The lowest BCUT2D eigenvalue weighted by Crippen LogP contribution is -2.40. The maximum Gasteiger partial charge on any atom is 0.251 e. The number of aliphatic hydroxyl groups excluding tert-OH is 1. The SMILES string of the molecule is CNc1cc(-c2cn(-c3ccc(NS(=O)(=O)CCO)cc3N3CCC4(CC3)CC4)nn2)nc(N2CCC(F)(F)CC2)n1. The first-order chi connectivity index (χ1) is 20.1. The van der Waals surface area contributed by atoms with Crippen LogP contribution in [0.1, 0.15) is 38.5 Å². The lowest BCUT2D eigenvalue weighted by atomic mass is 9.93. The average Bonchev–Trinajstić information content (AvgIpc) is 3.52. The van der Waals surface area contributed by atoms with Gasteiger partial charge in [-0.3, -0.25) is 4.72 Å². The molecular formula is C27H35F2N9O3S. The van der Waals surface area contributed by atoms with E-state index < -0.39 is 28.3 Å². The van der Waals surface area contributed by atoms with Gasteiger partial charge in [0.2, 0.25) is 16.0 Å². The number of hydrogen-bond donors (Lipinski definition) is 3. The smallest absolute Gasteiger partial charge is 0.251 e. The van der Waals surface area contributed by atoms with Crippen LogP contribution in [0.25, 0.3) is 17.1 Å². The van der Waals surface area contributed by atoms with Crippen LogP contribution in [0, 0.1) is 5.41 Å². The summed E-state index contributed by atoms with van der Waals surface area (Å²) in [6.07, 6.45) is 5.92. The van der Waals surface area contributed by atoms with E-state index >= 15 is 0 Å². The van der Waals surface area contributed by atoms with Crippen LogP contribution in [0.2, 0.25) is 0 Å². The topological polar surface area (TPSA) is 141 Å². The Morgan fingerprint density at radius 2 is 1.64 bits per heavy atom. The number of nitrogens with one attached hydrogen (secondary N) is 2. The number of alkyl halides is 2. The van der Waals surface area contributed by atoms with Crippen LogP contribution in [-0.4, -0.2) is 90.0 Å². The average molecular weight is 604 g/mol. The Labute approximate surface area is 243 Å². The zero-order valence-corrected chi connectivity index (χ0v) is 24.2. The molecule has 1 saturated carbocycles. The molecule has 3 aliphatic rings. The van der Waals surface area contributed by atoms with Gasteiger partial charge >= 0.3 is 0 Å².